The Kier molecular flexibility index (Phi) is 9.84. The van der Waals surface area contributed by atoms with Gasteiger partial charge in [-0.2, -0.15) is 12.6 Å². The monoisotopic (exact) mass is 494 g/mol. The van der Waals surface area contributed by atoms with E-state index in [0.29, 0.717) is 43.6 Å². The number of hydrogen-bond donors (Lipinski definition) is 3. The number of carbonyl (C=O) groups is 2. The molecule has 2 N–H and O–H groups in total. The molecular formula is C26H34N6O2S. The predicted octanol–water partition coefficient (Wildman–Crippen LogP) is 3.98. The lowest BCUT2D eigenvalue weighted by atomic mass is 9.98. The summed E-state index contributed by atoms with van der Waals surface area (Å²) in [5.41, 5.74) is 3.99. The second-order valence-corrected chi connectivity index (χ2v) is 9.33. The summed E-state index contributed by atoms with van der Waals surface area (Å²) in [4.78, 5) is 26.9. The number of thiol groups is 1. The van der Waals surface area contributed by atoms with Crippen molar-refractivity contribution < 1.29 is 9.59 Å². The second-order valence-electron chi connectivity index (χ2n) is 8.96. The summed E-state index contributed by atoms with van der Waals surface area (Å²) in [5, 5.41) is 17.2. The maximum absolute atomic E-state index is 12.6. The quantitative estimate of drug-likeness (QED) is 0.331. The van der Waals surface area contributed by atoms with Crippen molar-refractivity contribution in [2.45, 2.75) is 40.2 Å². The number of tetrazole rings is 1. The minimum Gasteiger partial charge on any atom is -0.354 e. The van der Waals surface area contributed by atoms with E-state index in [-0.39, 0.29) is 17.7 Å². The molecule has 0 saturated heterocycles. The molecule has 2 amide bonds. The molecule has 0 bridgehead atoms. The van der Waals surface area contributed by atoms with Gasteiger partial charge in [0.2, 0.25) is 11.8 Å². The minimum absolute atomic E-state index is 0.00238. The fraction of sp³-hybridized carbons (Fsp3) is 0.423. The fourth-order valence-corrected chi connectivity index (χ4v) is 4.35. The van der Waals surface area contributed by atoms with Gasteiger partial charge in [0.05, 0.1) is 0 Å². The van der Waals surface area contributed by atoms with E-state index in [1.807, 2.05) is 55.5 Å². The van der Waals surface area contributed by atoms with Crippen LogP contribution in [0.3, 0.4) is 0 Å². The van der Waals surface area contributed by atoms with Gasteiger partial charge in [-0.15, -0.1) is 5.10 Å². The lowest BCUT2D eigenvalue weighted by molar-refractivity contribution is -0.132. The Morgan fingerprint density at radius 1 is 1.09 bits per heavy atom. The van der Waals surface area contributed by atoms with Crippen molar-refractivity contribution >= 4 is 24.4 Å². The molecule has 35 heavy (non-hydrogen) atoms. The molecule has 1 unspecified atom stereocenters. The number of rotatable bonds is 12. The van der Waals surface area contributed by atoms with E-state index in [2.05, 4.69) is 52.4 Å². The van der Waals surface area contributed by atoms with Crippen LogP contribution in [-0.4, -0.2) is 56.2 Å². The minimum atomic E-state index is -0.114. The van der Waals surface area contributed by atoms with Crippen molar-refractivity contribution in [2.75, 3.05) is 18.8 Å². The first kappa shape index (κ1) is 26.4. The second kappa shape index (κ2) is 13.0. The van der Waals surface area contributed by atoms with E-state index >= 15 is 0 Å². The van der Waals surface area contributed by atoms with Crippen molar-refractivity contribution in [1.82, 2.24) is 30.8 Å². The van der Waals surface area contributed by atoms with Crippen molar-refractivity contribution in [1.29, 1.82) is 0 Å². The fourth-order valence-electron chi connectivity index (χ4n) is 4.03. The molecule has 1 atom stereocenters. The molecule has 0 saturated carbocycles. The van der Waals surface area contributed by atoms with Crippen molar-refractivity contribution in [3.63, 3.8) is 0 Å². The van der Waals surface area contributed by atoms with Crippen molar-refractivity contribution in [3.05, 3.63) is 54.1 Å². The Morgan fingerprint density at radius 3 is 2.40 bits per heavy atom. The van der Waals surface area contributed by atoms with E-state index in [1.54, 1.807) is 4.90 Å². The molecule has 0 radical (unpaired) electrons. The SMILES string of the molecule is CCC(=O)N(CCNC(=O)C(CS)CC(C)C)Cc1ccc(-c2ccccc2-c2nnn[nH]2)cc1. The van der Waals surface area contributed by atoms with Crippen molar-refractivity contribution in [2.24, 2.45) is 11.8 Å². The molecule has 2 aromatic carbocycles. The Labute approximate surface area is 212 Å². The summed E-state index contributed by atoms with van der Waals surface area (Å²) in [6, 6.07) is 16.1. The molecule has 0 fully saturated rings. The van der Waals surface area contributed by atoms with E-state index in [0.717, 1.165) is 28.7 Å². The number of carbonyl (C=O) groups excluding carboxylic acids is 2. The molecule has 8 nitrogen and oxygen atoms in total. The van der Waals surface area contributed by atoms with Crippen LogP contribution >= 0.6 is 12.6 Å². The third-order valence-electron chi connectivity index (χ3n) is 5.85. The summed E-state index contributed by atoms with van der Waals surface area (Å²) in [6.45, 7) is 7.41. The summed E-state index contributed by atoms with van der Waals surface area (Å²) in [6.07, 6.45) is 1.21. The van der Waals surface area contributed by atoms with Crippen LogP contribution in [0.2, 0.25) is 0 Å². The first-order valence-electron chi connectivity index (χ1n) is 12.0. The van der Waals surface area contributed by atoms with Gasteiger partial charge >= 0.3 is 0 Å². The molecule has 0 aliphatic carbocycles. The van der Waals surface area contributed by atoms with Crippen LogP contribution in [0.5, 0.6) is 0 Å². The van der Waals surface area contributed by atoms with Gasteiger partial charge in [-0.3, -0.25) is 9.59 Å². The standard InChI is InChI=1S/C26H34N6O2S/c1-4-24(33)32(14-13-27-26(34)21(17-35)15-18(2)3)16-19-9-11-20(12-10-19)22-7-5-6-8-23(22)25-28-30-31-29-25/h5-12,18,21,35H,4,13-17H2,1-3H3,(H,27,34)(H,28,29,30,31). The van der Waals surface area contributed by atoms with Crippen LogP contribution < -0.4 is 5.32 Å². The molecule has 9 heteroatoms. The highest BCUT2D eigenvalue weighted by Crippen LogP contribution is 2.29. The van der Waals surface area contributed by atoms with Crippen LogP contribution in [0, 0.1) is 11.8 Å². The first-order valence-corrected chi connectivity index (χ1v) is 12.6. The average molecular weight is 495 g/mol. The highest BCUT2D eigenvalue weighted by molar-refractivity contribution is 7.80. The number of H-pyrrole nitrogens is 1. The Hall–Kier alpha value is -3.20. The highest BCUT2D eigenvalue weighted by atomic mass is 32.1. The van der Waals surface area contributed by atoms with Gasteiger partial charge in [-0.05, 0) is 39.5 Å². The lowest BCUT2D eigenvalue weighted by Gasteiger charge is -2.24. The number of nitrogens with one attached hydrogen (secondary N) is 2. The smallest absolute Gasteiger partial charge is 0.224 e. The number of hydrogen-bond acceptors (Lipinski definition) is 6. The molecule has 186 valence electrons. The molecule has 3 aromatic rings. The molecule has 1 heterocycles. The van der Waals surface area contributed by atoms with Crippen molar-refractivity contribution in [3.8, 4) is 22.5 Å². The summed E-state index contributed by atoms with van der Waals surface area (Å²) in [7, 11) is 0. The normalized spacial score (nSPS) is 11.9. The summed E-state index contributed by atoms with van der Waals surface area (Å²) < 4.78 is 0. The van der Waals surface area contributed by atoms with Gasteiger partial charge in [0.25, 0.3) is 0 Å². The van der Waals surface area contributed by atoms with Crippen LogP contribution in [0.25, 0.3) is 22.5 Å². The van der Waals surface area contributed by atoms with Gasteiger partial charge < -0.3 is 10.2 Å². The van der Waals surface area contributed by atoms with Gasteiger partial charge in [0.15, 0.2) is 5.82 Å². The van der Waals surface area contributed by atoms with E-state index in [9.17, 15) is 9.59 Å². The highest BCUT2D eigenvalue weighted by Gasteiger charge is 2.19. The molecule has 0 aliphatic heterocycles. The van der Waals surface area contributed by atoms with Gasteiger partial charge in [0.1, 0.15) is 0 Å². The van der Waals surface area contributed by atoms with E-state index in [4.69, 9.17) is 0 Å². The Balaban J connectivity index is 1.65. The summed E-state index contributed by atoms with van der Waals surface area (Å²) >= 11 is 4.33. The topological polar surface area (TPSA) is 104 Å². The third kappa shape index (κ3) is 7.39. The average Bonchev–Trinajstić information content (AvgIpc) is 3.41. The maximum Gasteiger partial charge on any atom is 0.224 e. The zero-order valence-electron chi connectivity index (χ0n) is 20.6. The number of aromatic nitrogens is 4. The maximum atomic E-state index is 12.6. The van der Waals surface area contributed by atoms with Crippen LogP contribution in [0.15, 0.2) is 48.5 Å². The van der Waals surface area contributed by atoms with Gasteiger partial charge in [0, 0.05) is 43.3 Å². The van der Waals surface area contributed by atoms with Crippen LogP contribution in [0.1, 0.15) is 39.2 Å². The largest absolute Gasteiger partial charge is 0.354 e. The molecule has 1 aromatic heterocycles. The van der Waals surface area contributed by atoms with E-state index < -0.39 is 0 Å². The molecule has 0 spiro atoms. The Morgan fingerprint density at radius 2 is 1.80 bits per heavy atom. The summed E-state index contributed by atoms with van der Waals surface area (Å²) in [5.74, 6) is 1.50. The van der Waals surface area contributed by atoms with Gasteiger partial charge in [-0.25, -0.2) is 5.10 Å². The van der Waals surface area contributed by atoms with Gasteiger partial charge in [-0.1, -0.05) is 69.3 Å². The molecular weight excluding hydrogens is 460 g/mol. The number of aromatic amines is 1. The first-order chi connectivity index (χ1) is 16.9. The van der Waals surface area contributed by atoms with E-state index in [1.165, 1.54) is 0 Å². The third-order valence-corrected chi connectivity index (χ3v) is 6.29. The number of nitrogens with zero attached hydrogens (tertiary/aromatic N) is 4. The zero-order valence-corrected chi connectivity index (χ0v) is 21.5. The number of amides is 2. The zero-order chi connectivity index (χ0) is 25.2. The molecule has 3 rings (SSSR count). The van der Waals surface area contributed by atoms with Crippen LogP contribution in [0.4, 0.5) is 0 Å². The Bertz CT molecular complexity index is 1090. The number of benzene rings is 2. The lowest BCUT2D eigenvalue weighted by Crippen LogP contribution is -2.40. The van der Waals surface area contributed by atoms with Crippen LogP contribution in [-0.2, 0) is 16.1 Å². The molecule has 0 aliphatic rings. The predicted molar refractivity (Wildman–Crippen MR) is 141 cm³/mol.